The van der Waals surface area contributed by atoms with E-state index in [0.29, 0.717) is 0 Å². The Balaban J connectivity index is 2.34. The molecule has 1 rings (SSSR count). The zero-order chi connectivity index (χ0) is 12.0. The normalized spacial score (nSPS) is 12.5. The minimum atomic E-state index is 0.718. The van der Waals surface area contributed by atoms with Gasteiger partial charge in [-0.1, -0.05) is 38.8 Å². The van der Waals surface area contributed by atoms with Crippen molar-refractivity contribution in [2.45, 2.75) is 26.7 Å². The van der Waals surface area contributed by atoms with Gasteiger partial charge in [-0.25, -0.2) is 0 Å². The number of alkyl halides is 1. The number of halogens is 2. The molecule has 1 unspecified atom stereocenters. The van der Waals surface area contributed by atoms with Crippen molar-refractivity contribution >= 4 is 31.9 Å². The smallest absolute Gasteiger partial charge is 0.119 e. The molecule has 0 heterocycles. The molecule has 0 saturated heterocycles. The Kier molecular flexibility index (Phi) is 6.44. The van der Waals surface area contributed by atoms with Crippen LogP contribution in [0.25, 0.3) is 0 Å². The van der Waals surface area contributed by atoms with Crippen LogP contribution in [0.4, 0.5) is 0 Å². The molecule has 1 nitrogen and oxygen atoms in total. The summed E-state index contributed by atoms with van der Waals surface area (Å²) in [5.41, 5.74) is 1.21. The summed E-state index contributed by atoms with van der Waals surface area (Å²) in [5.74, 6) is 1.68. The SMILES string of the molecule is Cc1cc(OCCC(C)CCBr)ccc1Br. The fourth-order valence-electron chi connectivity index (χ4n) is 1.42. The molecule has 0 spiro atoms. The molecule has 0 saturated carbocycles. The van der Waals surface area contributed by atoms with E-state index in [1.54, 1.807) is 0 Å². The van der Waals surface area contributed by atoms with Crippen molar-refractivity contribution in [3.8, 4) is 5.75 Å². The van der Waals surface area contributed by atoms with Crippen LogP contribution in [0.5, 0.6) is 5.75 Å². The Morgan fingerprint density at radius 3 is 2.69 bits per heavy atom. The van der Waals surface area contributed by atoms with Gasteiger partial charge in [0.2, 0.25) is 0 Å². The van der Waals surface area contributed by atoms with Gasteiger partial charge < -0.3 is 4.74 Å². The van der Waals surface area contributed by atoms with Crippen molar-refractivity contribution < 1.29 is 4.74 Å². The van der Waals surface area contributed by atoms with Crippen molar-refractivity contribution in [1.29, 1.82) is 0 Å². The standard InChI is InChI=1S/C13H18Br2O/c1-10(5-7-14)6-8-16-12-3-4-13(15)11(2)9-12/h3-4,9-10H,5-8H2,1-2H3. The van der Waals surface area contributed by atoms with Gasteiger partial charge in [-0.05, 0) is 49.4 Å². The van der Waals surface area contributed by atoms with Gasteiger partial charge in [0.1, 0.15) is 5.75 Å². The average molecular weight is 350 g/mol. The zero-order valence-electron chi connectivity index (χ0n) is 9.80. The maximum atomic E-state index is 5.72. The van der Waals surface area contributed by atoms with Gasteiger partial charge in [-0.2, -0.15) is 0 Å². The fraction of sp³-hybridized carbons (Fsp3) is 0.538. The first kappa shape index (κ1) is 14.0. The summed E-state index contributed by atoms with van der Waals surface area (Å²) in [5, 5.41) is 1.07. The predicted octanol–water partition coefficient (Wildman–Crippen LogP) is 4.95. The molecule has 1 aromatic rings. The number of hydrogen-bond donors (Lipinski definition) is 0. The van der Waals surface area contributed by atoms with Crippen LogP contribution in [0.1, 0.15) is 25.3 Å². The molecular weight excluding hydrogens is 332 g/mol. The zero-order valence-corrected chi connectivity index (χ0v) is 13.0. The average Bonchev–Trinajstić information content (AvgIpc) is 2.24. The quantitative estimate of drug-likeness (QED) is 0.660. The molecule has 0 fully saturated rings. The molecule has 0 aliphatic rings. The third kappa shape index (κ3) is 4.88. The van der Waals surface area contributed by atoms with E-state index < -0.39 is 0 Å². The highest BCUT2D eigenvalue weighted by molar-refractivity contribution is 9.10. The highest BCUT2D eigenvalue weighted by Gasteiger charge is 2.02. The van der Waals surface area contributed by atoms with Crippen LogP contribution in [0.15, 0.2) is 22.7 Å². The number of aryl methyl sites for hydroxylation is 1. The van der Waals surface area contributed by atoms with Crippen LogP contribution < -0.4 is 4.74 Å². The highest BCUT2D eigenvalue weighted by Crippen LogP contribution is 2.22. The van der Waals surface area contributed by atoms with Crippen LogP contribution in [0, 0.1) is 12.8 Å². The lowest BCUT2D eigenvalue weighted by Gasteiger charge is -2.11. The van der Waals surface area contributed by atoms with E-state index in [0.717, 1.165) is 34.5 Å². The summed E-state index contributed by atoms with van der Waals surface area (Å²) < 4.78 is 6.85. The summed E-state index contributed by atoms with van der Waals surface area (Å²) in [6.45, 7) is 5.14. The maximum absolute atomic E-state index is 5.72. The summed E-state index contributed by atoms with van der Waals surface area (Å²) in [7, 11) is 0. The van der Waals surface area contributed by atoms with E-state index in [9.17, 15) is 0 Å². The lowest BCUT2D eigenvalue weighted by molar-refractivity contribution is 0.282. The van der Waals surface area contributed by atoms with Gasteiger partial charge in [-0.15, -0.1) is 0 Å². The van der Waals surface area contributed by atoms with Crippen LogP contribution in [-0.4, -0.2) is 11.9 Å². The Bertz CT molecular complexity index is 326. The monoisotopic (exact) mass is 348 g/mol. The predicted molar refractivity (Wildman–Crippen MR) is 76.6 cm³/mol. The van der Waals surface area contributed by atoms with Gasteiger partial charge in [0.25, 0.3) is 0 Å². The topological polar surface area (TPSA) is 9.23 Å². The van der Waals surface area contributed by atoms with Gasteiger partial charge in [-0.3, -0.25) is 0 Å². The number of benzene rings is 1. The van der Waals surface area contributed by atoms with Crippen LogP contribution in [-0.2, 0) is 0 Å². The first-order chi connectivity index (χ1) is 7.63. The number of rotatable bonds is 6. The van der Waals surface area contributed by atoms with Gasteiger partial charge in [0, 0.05) is 9.80 Å². The molecule has 16 heavy (non-hydrogen) atoms. The molecule has 0 aromatic heterocycles. The minimum absolute atomic E-state index is 0.718. The van der Waals surface area contributed by atoms with Gasteiger partial charge in [0.15, 0.2) is 0 Å². The minimum Gasteiger partial charge on any atom is -0.494 e. The van der Waals surface area contributed by atoms with Crippen LogP contribution >= 0.6 is 31.9 Å². The number of hydrogen-bond acceptors (Lipinski definition) is 1. The molecule has 0 radical (unpaired) electrons. The largest absolute Gasteiger partial charge is 0.494 e. The molecule has 0 N–H and O–H groups in total. The van der Waals surface area contributed by atoms with Crippen LogP contribution in [0.2, 0.25) is 0 Å². The molecule has 0 amide bonds. The molecule has 1 aromatic carbocycles. The van der Waals surface area contributed by atoms with Gasteiger partial charge in [0.05, 0.1) is 6.61 Å². The third-order valence-electron chi connectivity index (χ3n) is 2.61. The van der Waals surface area contributed by atoms with E-state index in [1.807, 2.05) is 12.1 Å². The van der Waals surface area contributed by atoms with Crippen molar-refractivity contribution in [3.63, 3.8) is 0 Å². The van der Waals surface area contributed by atoms with E-state index >= 15 is 0 Å². The first-order valence-electron chi connectivity index (χ1n) is 5.58. The van der Waals surface area contributed by atoms with Crippen molar-refractivity contribution in [1.82, 2.24) is 0 Å². The molecule has 90 valence electrons. The lowest BCUT2D eigenvalue weighted by Crippen LogP contribution is -2.04. The molecule has 3 heteroatoms. The van der Waals surface area contributed by atoms with Gasteiger partial charge >= 0.3 is 0 Å². The summed E-state index contributed by atoms with van der Waals surface area (Å²) in [4.78, 5) is 0. The summed E-state index contributed by atoms with van der Waals surface area (Å²) in [6.07, 6.45) is 2.32. The second-order valence-corrected chi connectivity index (χ2v) is 5.78. The van der Waals surface area contributed by atoms with Crippen molar-refractivity contribution in [3.05, 3.63) is 28.2 Å². The van der Waals surface area contributed by atoms with Crippen LogP contribution in [0.3, 0.4) is 0 Å². The Morgan fingerprint density at radius 1 is 1.31 bits per heavy atom. The lowest BCUT2D eigenvalue weighted by atomic mass is 10.1. The maximum Gasteiger partial charge on any atom is 0.119 e. The van der Waals surface area contributed by atoms with Crippen molar-refractivity contribution in [2.24, 2.45) is 5.92 Å². The molecule has 0 aliphatic heterocycles. The second kappa shape index (κ2) is 7.33. The summed E-state index contributed by atoms with van der Waals surface area (Å²) in [6, 6.07) is 6.11. The Hall–Kier alpha value is -0.0200. The summed E-state index contributed by atoms with van der Waals surface area (Å²) >= 11 is 6.94. The van der Waals surface area contributed by atoms with E-state index in [1.165, 1.54) is 12.0 Å². The third-order valence-corrected chi connectivity index (χ3v) is 3.96. The molecule has 1 atom stereocenters. The second-order valence-electron chi connectivity index (χ2n) is 4.13. The number of ether oxygens (including phenoxy) is 1. The molecular formula is C13H18Br2O. The van der Waals surface area contributed by atoms with E-state index in [2.05, 4.69) is 51.8 Å². The van der Waals surface area contributed by atoms with E-state index in [-0.39, 0.29) is 0 Å². The van der Waals surface area contributed by atoms with E-state index in [4.69, 9.17) is 4.74 Å². The Labute approximate surface area is 115 Å². The fourth-order valence-corrected chi connectivity index (χ4v) is 2.44. The van der Waals surface area contributed by atoms with Crippen molar-refractivity contribution in [2.75, 3.05) is 11.9 Å². The molecule has 0 bridgehead atoms. The first-order valence-corrected chi connectivity index (χ1v) is 7.50. The Morgan fingerprint density at radius 2 is 2.06 bits per heavy atom. The highest BCUT2D eigenvalue weighted by atomic mass is 79.9. The molecule has 0 aliphatic carbocycles.